The Bertz CT molecular complexity index is 673. The van der Waals surface area contributed by atoms with E-state index in [1.807, 2.05) is 0 Å². The Morgan fingerprint density at radius 1 is 1.25 bits per heavy atom. The van der Waals surface area contributed by atoms with E-state index in [1.54, 1.807) is 0 Å². The van der Waals surface area contributed by atoms with Crippen LogP contribution in [-0.2, 0) is 4.79 Å². The molecule has 0 fully saturated rings. The Kier molecular flexibility index (Phi) is 3.76. The second kappa shape index (κ2) is 5.49. The van der Waals surface area contributed by atoms with Gasteiger partial charge in [0.2, 0.25) is 0 Å². The molecule has 0 aliphatic carbocycles. The highest BCUT2D eigenvalue weighted by molar-refractivity contribution is 5.96. The molecule has 20 heavy (non-hydrogen) atoms. The van der Waals surface area contributed by atoms with Crippen LogP contribution in [0.15, 0.2) is 24.5 Å². The van der Waals surface area contributed by atoms with Crippen molar-refractivity contribution in [3.63, 3.8) is 0 Å². The summed E-state index contributed by atoms with van der Waals surface area (Å²) in [5, 5.41) is 29.8. The molecule has 0 aliphatic heterocycles. The molecule has 104 valence electrons. The first-order valence-electron chi connectivity index (χ1n) is 5.61. The number of aliphatic carboxylic acids is 1. The summed E-state index contributed by atoms with van der Waals surface area (Å²) in [6, 6.07) is 3.01. The van der Waals surface area contributed by atoms with Gasteiger partial charge in [-0.3, -0.25) is 0 Å². The number of hydrogen-bond acceptors (Lipinski definition) is 6. The summed E-state index contributed by atoms with van der Waals surface area (Å²) in [5.41, 5.74) is 0.434. The van der Waals surface area contributed by atoms with Crippen LogP contribution in [0.25, 0.3) is 10.9 Å². The summed E-state index contributed by atoms with van der Waals surface area (Å²) < 4.78 is 0. The average molecular weight is 277 g/mol. The van der Waals surface area contributed by atoms with Crippen LogP contribution < -0.4 is 5.32 Å². The van der Waals surface area contributed by atoms with Crippen LogP contribution >= 0.6 is 0 Å². The molecule has 0 bridgehead atoms. The van der Waals surface area contributed by atoms with Crippen molar-refractivity contribution in [3.8, 4) is 0 Å². The summed E-state index contributed by atoms with van der Waals surface area (Å²) in [5.74, 6) is -2.09. The van der Waals surface area contributed by atoms with Gasteiger partial charge in [0.1, 0.15) is 18.2 Å². The number of carboxylic acids is 2. The van der Waals surface area contributed by atoms with E-state index in [1.165, 1.54) is 24.5 Å². The fourth-order valence-electron chi connectivity index (χ4n) is 1.66. The van der Waals surface area contributed by atoms with Crippen molar-refractivity contribution in [1.29, 1.82) is 0 Å². The lowest BCUT2D eigenvalue weighted by Gasteiger charge is -2.13. The molecule has 2 rings (SSSR count). The maximum absolute atomic E-state index is 10.9. The van der Waals surface area contributed by atoms with Gasteiger partial charge in [-0.1, -0.05) is 0 Å². The van der Waals surface area contributed by atoms with Crippen LogP contribution in [-0.4, -0.2) is 49.9 Å². The molecule has 1 heterocycles. The number of carboxylic acid groups (broad SMARTS) is 2. The monoisotopic (exact) mass is 277 g/mol. The number of anilines is 1. The van der Waals surface area contributed by atoms with Crippen molar-refractivity contribution in [1.82, 2.24) is 9.97 Å². The number of hydrogen-bond donors (Lipinski definition) is 4. The minimum absolute atomic E-state index is 0.0686. The predicted octanol–water partition coefficient (Wildman–Crippen LogP) is 0.185. The van der Waals surface area contributed by atoms with Gasteiger partial charge in [-0.05, 0) is 18.2 Å². The van der Waals surface area contributed by atoms with Gasteiger partial charge in [0, 0.05) is 5.39 Å². The van der Waals surface area contributed by atoms with Crippen LogP contribution in [0.1, 0.15) is 10.4 Å². The van der Waals surface area contributed by atoms with Crippen LogP contribution in [0.2, 0.25) is 0 Å². The van der Waals surface area contributed by atoms with E-state index >= 15 is 0 Å². The van der Waals surface area contributed by atoms with Crippen molar-refractivity contribution >= 4 is 28.7 Å². The summed E-state index contributed by atoms with van der Waals surface area (Å²) in [6.45, 7) is -0.603. The highest BCUT2D eigenvalue weighted by Crippen LogP contribution is 2.21. The molecule has 0 spiro atoms. The molecule has 1 aromatic heterocycles. The molecule has 0 aliphatic rings. The average Bonchev–Trinajstić information content (AvgIpc) is 2.43. The Morgan fingerprint density at radius 2 is 2.00 bits per heavy atom. The smallest absolute Gasteiger partial charge is 0.335 e. The summed E-state index contributed by atoms with van der Waals surface area (Å²) in [7, 11) is 0. The summed E-state index contributed by atoms with van der Waals surface area (Å²) in [4.78, 5) is 29.6. The Balaban J connectivity index is 2.44. The van der Waals surface area contributed by atoms with Crippen molar-refractivity contribution in [3.05, 3.63) is 30.1 Å². The molecule has 8 heteroatoms. The quantitative estimate of drug-likeness (QED) is 0.608. The molecule has 0 saturated carbocycles. The lowest BCUT2D eigenvalue weighted by atomic mass is 10.1. The normalized spacial score (nSPS) is 12.1. The minimum Gasteiger partial charge on any atom is -0.480 e. The number of fused-ring (bicyclic) bond motifs is 1. The standard InChI is InChI=1S/C12H11N3O5/c16-4-9(12(19)20)15-10-7-2-1-6(11(17)18)3-8(7)13-5-14-10/h1-3,5,9,16H,4H2,(H,17,18)(H,19,20)(H,13,14,15)/t9-/m0/s1. The molecule has 2 aromatic rings. The molecule has 1 aromatic carbocycles. The fourth-order valence-corrected chi connectivity index (χ4v) is 1.66. The van der Waals surface area contributed by atoms with Crippen LogP contribution in [0.3, 0.4) is 0 Å². The minimum atomic E-state index is -1.22. The van der Waals surface area contributed by atoms with E-state index in [4.69, 9.17) is 15.3 Å². The summed E-state index contributed by atoms with van der Waals surface area (Å²) >= 11 is 0. The van der Waals surface area contributed by atoms with E-state index in [9.17, 15) is 9.59 Å². The molecule has 8 nitrogen and oxygen atoms in total. The lowest BCUT2D eigenvalue weighted by molar-refractivity contribution is -0.138. The molecule has 0 saturated heterocycles. The SMILES string of the molecule is O=C(O)c1ccc2c(N[C@@H](CO)C(=O)O)ncnc2c1. The zero-order valence-corrected chi connectivity index (χ0v) is 10.1. The van der Waals surface area contributed by atoms with Crippen molar-refractivity contribution in [2.75, 3.05) is 11.9 Å². The van der Waals surface area contributed by atoms with Gasteiger partial charge in [-0.15, -0.1) is 0 Å². The Morgan fingerprint density at radius 3 is 2.60 bits per heavy atom. The number of rotatable bonds is 5. The molecule has 0 unspecified atom stereocenters. The van der Waals surface area contributed by atoms with E-state index in [0.29, 0.717) is 10.9 Å². The second-order valence-electron chi connectivity index (χ2n) is 3.98. The first-order chi connectivity index (χ1) is 9.52. The fraction of sp³-hybridized carbons (Fsp3) is 0.167. The maximum atomic E-state index is 10.9. The first kappa shape index (κ1) is 13.7. The molecule has 4 N–H and O–H groups in total. The largest absolute Gasteiger partial charge is 0.480 e. The van der Waals surface area contributed by atoms with Crippen molar-refractivity contribution in [2.24, 2.45) is 0 Å². The predicted molar refractivity (Wildman–Crippen MR) is 68.6 cm³/mol. The highest BCUT2D eigenvalue weighted by atomic mass is 16.4. The Hall–Kier alpha value is -2.74. The third-order valence-corrected chi connectivity index (χ3v) is 2.68. The third-order valence-electron chi connectivity index (χ3n) is 2.68. The molecular formula is C12H11N3O5. The first-order valence-corrected chi connectivity index (χ1v) is 5.61. The number of aliphatic hydroxyl groups is 1. The van der Waals surface area contributed by atoms with E-state index in [0.717, 1.165) is 0 Å². The second-order valence-corrected chi connectivity index (χ2v) is 3.98. The number of benzene rings is 1. The topological polar surface area (TPSA) is 133 Å². The van der Waals surface area contributed by atoms with Gasteiger partial charge in [0.25, 0.3) is 0 Å². The van der Waals surface area contributed by atoms with E-state index in [-0.39, 0.29) is 11.4 Å². The number of carbonyl (C=O) groups is 2. The summed E-state index contributed by atoms with van der Waals surface area (Å²) in [6.07, 6.45) is 1.19. The number of nitrogens with zero attached hydrogens (tertiary/aromatic N) is 2. The molecule has 0 amide bonds. The Labute approximate surface area is 112 Å². The number of aromatic carboxylic acids is 1. The number of aliphatic hydroxyl groups excluding tert-OH is 1. The molecule has 0 radical (unpaired) electrons. The number of nitrogens with one attached hydrogen (secondary N) is 1. The van der Waals surface area contributed by atoms with Crippen LogP contribution in [0.5, 0.6) is 0 Å². The van der Waals surface area contributed by atoms with Crippen molar-refractivity contribution in [2.45, 2.75) is 6.04 Å². The number of aromatic nitrogens is 2. The van der Waals surface area contributed by atoms with Gasteiger partial charge in [0.05, 0.1) is 17.7 Å². The maximum Gasteiger partial charge on any atom is 0.335 e. The zero-order chi connectivity index (χ0) is 14.7. The van der Waals surface area contributed by atoms with E-state index in [2.05, 4.69) is 15.3 Å². The van der Waals surface area contributed by atoms with Gasteiger partial charge >= 0.3 is 11.9 Å². The van der Waals surface area contributed by atoms with Gasteiger partial charge in [-0.25, -0.2) is 19.6 Å². The molecule has 1 atom stereocenters. The highest BCUT2D eigenvalue weighted by Gasteiger charge is 2.18. The third kappa shape index (κ3) is 2.64. The van der Waals surface area contributed by atoms with Gasteiger partial charge < -0.3 is 20.6 Å². The lowest BCUT2D eigenvalue weighted by Crippen LogP contribution is -2.33. The van der Waals surface area contributed by atoms with Crippen molar-refractivity contribution < 1.29 is 24.9 Å². The van der Waals surface area contributed by atoms with Gasteiger partial charge in [0.15, 0.2) is 0 Å². The van der Waals surface area contributed by atoms with Gasteiger partial charge in [-0.2, -0.15) is 0 Å². The van der Waals surface area contributed by atoms with Crippen LogP contribution in [0.4, 0.5) is 5.82 Å². The van der Waals surface area contributed by atoms with E-state index < -0.39 is 24.6 Å². The molecular weight excluding hydrogens is 266 g/mol. The van der Waals surface area contributed by atoms with Crippen LogP contribution in [0, 0.1) is 0 Å². The zero-order valence-electron chi connectivity index (χ0n) is 10.1.